The van der Waals surface area contributed by atoms with Gasteiger partial charge in [0.15, 0.2) is 18.1 Å². The molecule has 1 aliphatic rings. The summed E-state index contributed by atoms with van der Waals surface area (Å²) in [6, 6.07) is 6.78. The number of piperidine rings is 1. The van der Waals surface area contributed by atoms with Crippen molar-refractivity contribution < 1.29 is 32.2 Å². The van der Waals surface area contributed by atoms with E-state index in [1.165, 1.54) is 48.9 Å². The Bertz CT molecular complexity index is 1180. The molecular weight excluding hydrogens is 507 g/mol. The van der Waals surface area contributed by atoms with Gasteiger partial charge in [0, 0.05) is 13.1 Å². The summed E-state index contributed by atoms with van der Waals surface area (Å²) in [5.74, 6) is -1.03. The lowest BCUT2D eigenvalue weighted by Crippen LogP contribution is -2.35. The third-order valence-corrected chi connectivity index (χ3v) is 7.67. The number of carbonyl (C=O) groups is 2. The quantitative estimate of drug-likeness (QED) is 0.513. The van der Waals surface area contributed by atoms with E-state index in [1.54, 1.807) is 0 Å². The first-order chi connectivity index (χ1) is 16.2. The van der Waals surface area contributed by atoms with Gasteiger partial charge in [-0.05, 0) is 43.2 Å². The van der Waals surface area contributed by atoms with Crippen LogP contribution in [0.4, 0.5) is 5.69 Å². The lowest BCUT2D eigenvalue weighted by atomic mass is 10.2. The molecule has 34 heavy (non-hydrogen) atoms. The largest absolute Gasteiger partial charge is 0.493 e. The summed E-state index contributed by atoms with van der Waals surface area (Å²) in [5, 5.41) is 2.76. The lowest BCUT2D eigenvalue weighted by molar-refractivity contribution is -0.119. The Kier molecular flexibility index (Phi) is 8.64. The van der Waals surface area contributed by atoms with Crippen molar-refractivity contribution in [1.82, 2.24) is 4.31 Å². The highest BCUT2D eigenvalue weighted by atomic mass is 35.5. The molecule has 2 aromatic rings. The number of anilines is 1. The molecule has 0 atom stereocenters. The van der Waals surface area contributed by atoms with Gasteiger partial charge in [0.2, 0.25) is 10.0 Å². The standard InChI is InChI=1S/C22H24Cl2N2O7S/c1-31-19-11-14(10-17(24)21(19)32-2)22(28)33-13-20(27)25-18-12-15(6-7-16(18)23)34(29,30)26-8-4-3-5-9-26/h6-7,10-12H,3-5,8-9,13H2,1-2H3,(H,25,27). The smallest absolute Gasteiger partial charge is 0.338 e. The summed E-state index contributed by atoms with van der Waals surface area (Å²) in [5.41, 5.74) is 0.151. The first-order valence-corrected chi connectivity index (χ1v) is 12.5. The molecule has 0 saturated carbocycles. The Hall–Kier alpha value is -2.53. The number of nitrogens with one attached hydrogen (secondary N) is 1. The van der Waals surface area contributed by atoms with Gasteiger partial charge in [-0.3, -0.25) is 4.79 Å². The summed E-state index contributed by atoms with van der Waals surface area (Å²) < 4.78 is 42.5. The van der Waals surface area contributed by atoms with Crippen LogP contribution in [-0.4, -0.2) is 58.5 Å². The maximum Gasteiger partial charge on any atom is 0.338 e. The van der Waals surface area contributed by atoms with Crippen LogP contribution in [0.2, 0.25) is 10.0 Å². The molecule has 0 aliphatic carbocycles. The second-order valence-electron chi connectivity index (χ2n) is 7.42. The first kappa shape index (κ1) is 26.1. The minimum atomic E-state index is -3.71. The predicted octanol–water partition coefficient (Wildman–Crippen LogP) is 3.98. The van der Waals surface area contributed by atoms with Gasteiger partial charge < -0.3 is 19.5 Å². The number of hydrogen-bond donors (Lipinski definition) is 1. The van der Waals surface area contributed by atoms with Gasteiger partial charge in [-0.25, -0.2) is 13.2 Å². The molecule has 0 bridgehead atoms. The van der Waals surface area contributed by atoms with Crippen LogP contribution in [0, 0.1) is 0 Å². The molecule has 0 spiro atoms. The number of amides is 1. The number of sulfonamides is 1. The third-order valence-electron chi connectivity index (χ3n) is 5.17. The molecule has 1 aliphatic heterocycles. The van der Waals surface area contributed by atoms with Crippen LogP contribution in [-0.2, 0) is 19.6 Å². The minimum Gasteiger partial charge on any atom is -0.493 e. The van der Waals surface area contributed by atoms with E-state index in [9.17, 15) is 18.0 Å². The van der Waals surface area contributed by atoms with Gasteiger partial charge in [0.05, 0.1) is 40.4 Å². The van der Waals surface area contributed by atoms with Gasteiger partial charge in [0.25, 0.3) is 5.91 Å². The molecule has 0 radical (unpaired) electrons. The zero-order chi connectivity index (χ0) is 24.9. The van der Waals surface area contributed by atoms with E-state index in [0.717, 1.165) is 19.3 Å². The average molecular weight is 531 g/mol. The summed E-state index contributed by atoms with van der Waals surface area (Å²) in [6.07, 6.45) is 2.59. The number of halogens is 2. The van der Waals surface area contributed by atoms with Crippen molar-refractivity contribution in [2.45, 2.75) is 24.2 Å². The molecule has 1 amide bonds. The molecule has 0 aromatic heterocycles. The van der Waals surface area contributed by atoms with Crippen molar-refractivity contribution in [2.24, 2.45) is 0 Å². The normalized spacial score (nSPS) is 14.4. The number of carbonyl (C=O) groups excluding carboxylic acids is 2. The fourth-order valence-corrected chi connectivity index (χ4v) is 5.45. The van der Waals surface area contributed by atoms with Crippen molar-refractivity contribution in [3.05, 3.63) is 45.9 Å². The van der Waals surface area contributed by atoms with Crippen LogP contribution in [0.25, 0.3) is 0 Å². The Morgan fingerprint density at radius 2 is 1.71 bits per heavy atom. The molecule has 12 heteroatoms. The van der Waals surface area contributed by atoms with E-state index < -0.39 is 28.5 Å². The second-order valence-corrected chi connectivity index (χ2v) is 10.2. The summed E-state index contributed by atoms with van der Waals surface area (Å²) in [4.78, 5) is 24.8. The summed E-state index contributed by atoms with van der Waals surface area (Å²) in [6.45, 7) is 0.260. The van der Waals surface area contributed by atoms with Gasteiger partial charge in [0.1, 0.15) is 0 Å². The number of benzene rings is 2. The Morgan fingerprint density at radius 1 is 1.00 bits per heavy atom. The monoisotopic (exact) mass is 530 g/mol. The fraction of sp³-hybridized carbons (Fsp3) is 0.364. The van der Waals surface area contributed by atoms with E-state index in [4.69, 9.17) is 37.4 Å². The molecule has 0 unspecified atom stereocenters. The third kappa shape index (κ3) is 5.93. The van der Waals surface area contributed by atoms with Crippen LogP contribution in [0.3, 0.4) is 0 Å². The maximum absolute atomic E-state index is 12.9. The zero-order valence-corrected chi connectivity index (χ0v) is 20.9. The average Bonchev–Trinajstić information content (AvgIpc) is 2.83. The van der Waals surface area contributed by atoms with Crippen LogP contribution in [0.15, 0.2) is 35.2 Å². The van der Waals surface area contributed by atoms with E-state index in [0.29, 0.717) is 13.1 Å². The molecule has 184 valence electrons. The SMILES string of the molecule is COc1cc(C(=O)OCC(=O)Nc2cc(S(=O)(=O)N3CCCCC3)ccc2Cl)cc(Cl)c1OC. The van der Waals surface area contributed by atoms with E-state index in [2.05, 4.69) is 5.32 Å². The molecule has 9 nitrogen and oxygen atoms in total. The first-order valence-electron chi connectivity index (χ1n) is 10.4. The number of methoxy groups -OCH3 is 2. The number of esters is 1. The minimum absolute atomic E-state index is 0.0195. The lowest BCUT2D eigenvalue weighted by Gasteiger charge is -2.26. The van der Waals surface area contributed by atoms with Crippen molar-refractivity contribution in [1.29, 1.82) is 0 Å². The van der Waals surface area contributed by atoms with Gasteiger partial charge in [-0.15, -0.1) is 0 Å². The van der Waals surface area contributed by atoms with Crippen molar-refractivity contribution in [3.8, 4) is 11.5 Å². The Balaban J connectivity index is 1.68. The fourth-order valence-electron chi connectivity index (χ4n) is 3.45. The second kappa shape index (κ2) is 11.3. The molecular formula is C22H24Cl2N2O7S. The van der Waals surface area contributed by atoms with Crippen LogP contribution < -0.4 is 14.8 Å². The van der Waals surface area contributed by atoms with E-state index in [-0.39, 0.29) is 37.7 Å². The number of ether oxygens (including phenoxy) is 3. The van der Waals surface area contributed by atoms with Crippen LogP contribution >= 0.6 is 23.2 Å². The Morgan fingerprint density at radius 3 is 2.35 bits per heavy atom. The number of hydrogen-bond acceptors (Lipinski definition) is 7. The van der Waals surface area contributed by atoms with Crippen molar-refractivity contribution >= 4 is 50.8 Å². The topological polar surface area (TPSA) is 111 Å². The van der Waals surface area contributed by atoms with Crippen LogP contribution in [0.1, 0.15) is 29.6 Å². The van der Waals surface area contributed by atoms with Gasteiger partial charge in [-0.2, -0.15) is 4.31 Å². The summed E-state index contributed by atoms with van der Waals surface area (Å²) >= 11 is 12.2. The molecule has 1 N–H and O–H groups in total. The number of nitrogens with zero attached hydrogens (tertiary/aromatic N) is 1. The maximum atomic E-state index is 12.9. The zero-order valence-electron chi connectivity index (χ0n) is 18.6. The van der Waals surface area contributed by atoms with E-state index >= 15 is 0 Å². The predicted molar refractivity (Wildman–Crippen MR) is 128 cm³/mol. The highest BCUT2D eigenvalue weighted by Crippen LogP contribution is 2.36. The molecule has 2 aromatic carbocycles. The molecule has 1 saturated heterocycles. The van der Waals surface area contributed by atoms with Crippen molar-refractivity contribution in [3.63, 3.8) is 0 Å². The molecule has 1 fully saturated rings. The van der Waals surface area contributed by atoms with Gasteiger partial charge in [-0.1, -0.05) is 29.6 Å². The highest BCUT2D eigenvalue weighted by molar-refractivity contribution is 7.89. The highest BCUT2D eigenvalue weighted by Gasteiger charge is 2.27. The van der Waals surface area contributed by atoms with Gasteiger partial charge >= 0.3 is 5.97 Å². The molecule has 1 heterocycles. The van der Waals surface area contributed by atoms with E-state index in [1.807, 2.05) is 0 Å². The molecule has 3 rings (SSSR count). The van der Waals surface area contributed by atoms with Crippen molar-refractivity contribution in [2.75, 3.05) is 39.2 Å². The Labute approximate surface area is 207 Å². The number of rotatable bonds is 8. The van der Waals surface area contributed by atoms with Crippen LogP contribution in [0.5, 0.6) is 11.5 Å². The summed E-state index contributed by atoms with van der Waals surface area (Å²) in [7, 11) is -0.916.